The van der Waals surface area contributed by atoms with E-state index in [2.05, 4.69) is 5.32 Å². The number of nitrogens with one attached hydrogen (secondary N) is 1. The van der Waals surface area contributed by atoms with E-state index in [0.717, 1.165) is 30.8 Å². The Hall–Kier alpha value is -1.71. The molecule has 0 aromatic heterocycles. The van der Waals surface area contributed by atoms with Crippen molar-refractivity contribution < 1.29 is 9.53 Å². The van der Waals surface area contributed by atoms with E-state index in [0.29, 0.717) is 13.2 Å². The van der Waals surface area contributed by atoms with E-state index >= 15 is 0 Å². The van der Waals surface area contributed by atoms with Gasteiger partial charge < -0.3 is 15.0 Å². The molecule has 2 amide bonds. The van der Waals surface area contributed by atoms with Crippen LogP contribution in [0.4, 0.5) is 4.79 Å². The summed E-state index contributed by atoms with van der Waals surface area (Å²) in [5.74, 6) is 0.863. The van der Waals surface area contributed by atoms with Gasteiger partial charge in [0.25, 0.3) is 0 Å². The van der Waals surface area contributed by atoms with Crippen LogP contribution in [0.25, 0.3) is 0 Å². The summed E-state index contributed by atoms with van der Waals surface area (Å²) in [4.78, 5) is 13.4. The fraction of sp³-hybridized carbons (Fsp3) is 0.462. The highest BCUT2D eigenvalue weighted by atomic mass is 16.5. The SMILES string of the molecule is CCOc1cccc(CN2CCCNC2=O)c1. The van der Waals surface area contributed by atoms with Gasteiger partial charge in [0, 0.05) is 19.6 Å². The molecule has 0 spiro atoms. The average molecular weight is 234 g/mol. The van der Waals surface area contributed by atoms with Crippen LogP contribution < -0.4 is 10.1 Å². The number of ether oxygens (including phenoxy) is 1. The number of carbonyl (C=O) groups is 1. The maximum absolute atomic E-state index is 11.6. The lowest BCUT2D eigenvalue weighted by atomic mass is 10.2. The van der Waals surface area contributed by atoms with E-state index in [-0.39, 0.29) is 6.03 Å². The number of urea groups is 1. The predicted octanol–water partition coefficient (Wildman–Crippen LogP) is 2.00. The second-order valence-corrected chi connectivity index (χ2v) is 4.09. The maximum atomic E-state index is 11.6. The summed E-state index contributed by atoms with van der Waals surface area (Å²) in [5.41, 5.74) is 1.10. The number of hydrogen-bond acceptors (Lipinski definition) is 2. The third kappa shape index (κ3) is 3.12. The van der Waals surface area contributed by atoms with E-state index < -0.39 is 0 Å². The lowest BCUT2D eigenvalue weighted by molar-refractivity contribution is 0.183. The summed E-state index contributed by atoms with van der Waals surface area (Å²) in [5, 5.41) is 2.85. The molecule has 1 fully saturated rings. The van der Waals surface area contributed by atoms with Crippen LogP contribution in [0, 0.1) is 0 Å². The molecular weight excluding hydrogens is 216 g/mol. The third-order valence-electron chi connectivity index (χ3n) is 2.75. The van der Waals surface area contributed by atoms with Gasteiger partial charge in [-0.05, 0) is 31.0 Å². The second-order valence-electron chi connectivity index (χ2n) is 4.09. The normalized spacial score (nSPS) is 15.6. The second kappa shape index (κ2) is 5.57. The minimum Gasteiger partial charge on any atom is -0.494 e. The van der Waals surface area contributed by atoms with Crippen LogP contribution in [0.1, 0.15) is 18.9 Å². The topological polar surface area (TPSA) is 41.6 Å². The van der Waals surface area contributed by atoms with Gasteiger partial charge in [-0.2, -0.15) is 0 Å². The molecule has 92 valence electrons. The molecule has 1 aliphatic heterocycles. The highest BCUT2D eigenvalue weighted by molar-refractivity contribution is 5.74. The first-order chi connectivity index (χ1) is 8.29. The van der Waals surface area contributed by atoms with Crippen molar-refractivity contribution in [3.8, 4) is 5.75 Å². The quantitative estimate of drug-likeness (QED) is 0.865. The Balaban J connectivity index is 2.01. The Kier molecular flexibility index (Phi) is 3.85. The molecule has 0 atom stereocenters. The largest absolute Gasteiger partial charge is 0.494 e. The average Bonchev–Trinajstić information content (AvgIpc) is 2.33. The number of nitrogens with zero attached hydrogens (tertiary/aromatic N) is 1. The molecule has 1 aromatic rings. The van der Waals surface area contributed by atoms with Crippen LogP contribution in [0.15, 0.2) is 24.3 Å². The van der Waals surface area contributed by atoms with Gasteiger partial charge in [-0.15, -0.1) is 0 Å². The molecule has 0 bridgehead atoms. The molecular formula is C13H18N2O2. The summed E-state index contributed by atoms with van der Waals surface area (Å²) in [6, 6.07) is 7.93. The molecule has 0 radical (unpaired) electrons. The third-order valence-corrected chi connectivity index (χ3v) is 2.75. The molecule has 4 nitrogen and oxygen atoms in total. The number of rotatable bonds is 4. The number of amides is 2. The monoisotopic (exact) mass is 234 g/mol. The van der Waals surface area contributed by atoms with Gasteiger partial charge in [0.2, 0.25) is 0 Å². The molecule has 1 aromatic carbocycles. The van der Waals surface area contributed by atoms with Gasteiger partial charge in [-0.1, -0.05) is 12.1 Å². The zero-order chi connectivity index (χ0) is 12.1. The summed E-state index contributed by atoms with van der Waals surface area (Å²) < 4.78 is 5.44. The van der Waals surface area contributed by atoms with Gasteiger partial charge >= 0.3 is 6.03 Å². The van der Waals surface area contributed by atoms with Crippen LogP contribution >= 0.6 is 0 Å². The van der Waals surface area contributed by atoms with Crippen molar-refractivity contribution in [3.05, 3.63) is 29.8 Å². The van der Waals surface area contributed by atoms with Crippen molar-refractivity contribution >= 4 is 6.03 Å². The van der Waals surface area contributed by atoms with Crippen LogP contribution in [0.2, 0.25) is 0 Å². The lowest BCUT2D eigenvalue weighted by Crippen LogP contribution is -2.45. The van der Waals surface area contributed by atoms with E-state index in [1.54, 1.807) is 0 Å². The fourth-order valence-corrected chi connectivity index (χ4v) is 1.95. The molecule has 2 rings (SSSR count). The predicted molar refractivity (Wildman–Crippen MR) is 66.0 cm³/mol. The van der Waals surface area contributed by atoms with Crippen LogP contribution in [0.5, 0.6) is 5.75 Å². The van der Waals surface area contributed by atoms with E-state index in [1.807, 2.05) is 36.1 Å². The van der Waals surface area contributed by atoms with Gasteiger partial charge in [-0.3, -0.25) is 0 Å². The molecule has 1 heterocycles. The van der Waals surface area contributed by atoms with Crippen LogP contribution in [0.3, 0.4) is 0 Å². The Bertz CT molecular complexity index is 393. The highest BCUT2D eigenvalue weighted by Gasteiger charge is 2.17. The Labute approximate surface area is 102 Å². The van der Waals surface area contributed by atoms with Crippen LogP contribution in [-0.2, 0) is 6.54 Å². The highest BCUT2D eigenvalue weighted by Crippen LogP contribution is 2.15. The van der Waals surface area contributed by atoms with Gasteiger partial charge in [0.15, 0.2) is 0 Å². The smallest absolute Gasteiger partial charge is 0.317 e. The van der Waals surface area contributed by atoms with E-state index in [9.17, 15) is 4.79 Å². The first-order valence-corrected chi connectivity index (χ1v) is 6.04. The number of hydrogen-bond donors (Lipinski definition) is 1. The summed E-state index contributed by atoms with van der Waals surface area (Å²) >= 11 is 0. The molecule has 0 saturated carbocycles. The molecule has 0 aliphatic carbocycles. The first-order valence-electron chi connectivity index (χ1n) is 6.04. The van der Waals surface area contributed by atoms with Crippen LogP contribution in [-0.4, -0.2) is 30.6 Å². The summed E-state index contributed by atoms with van der Waals surface area (Å²) in [6.45, 7) is 4.88. The minimum absolute atomic E-state index is 0.0260. The fourth-order valence-electron chi connectivity index (χ4n) is 1.95. The summed E-state index contributed by atoms with van der Waals surface area (Å²) in [7, 11) is 0. The molecule has 1 saturated heterocycles. The minimum atomic E-state index is 0.0260. The van der Waals surface area contributed by atoms with Gasteiger partial charge in [0.1, 0.15) is 5.75 Å². The maximum Gasteiger partial charge on any atom is 0.317 e. The zero-order valence-electron chi connectivity index (χ0n) is 10.1. The van der Waals surface area contributed by atoms with Crippen molar-refractivity contribution in [1.29, 1.82) is 0 Å². The molecule has 4 heteroatoms. The van der Waals surface area contributed by atoms with Crippen molar-refractivity contribution in [1.82, 2.24) is 10.2 Å². The van der Waals surface area contributed by atoms with Crippen molar-refractivity contribution in [2.24, 2.45) is 0 Å². The lowest BCUT2D eigenvalue weighted by Gasteiger charge is -2.27. The Morgan fingerprint density at radius 3 is 3.12 bits per heavy atom. The molecule has 1 aliphatic rings. The molecule has 1 N–H and O–H groups in total. The summed E-state index contributed by atoms with van der Waals surface area (Å²) in [6.07, 6.45) is 1.01. The van der Waals surface area contributed by atoms with Crippen molar-refractivity contribution in [2.45, 2.75) is 19.9 Å². The molecule has 0 unspecified atom stereocenters. The number of carbonyl (C=O) groups excluding carboxylic acids is 1. The van der Waals surface area contributed by atoms with Gasteiger partial charge in [0.05, 0.1) is 6.61 Å². The zero-order valence-corrected chi connectivity index (χ0v) is 10.1. The van der Waals surface area contributed by atoms with Crippen molar-refractivity contribution in [2.75, 3.05) is 19.7 Å². The Morgan fingerprint density at radius 1 is 1.47 bits per heavy atom. The standard InChI is InChI=1S/C13H18N2O2/c1-2-17-12-6-3-5-11(9-12)10-15-8-4-7-14-13(15)16/h3,5-6,9H,2,4,7-8,10H2,1H3,(H,14,16). The number of benzene rings is 1. The van der Waals surface area contributed by atoms with Gasteiger partial charge in [-0.25, -0.2) is 4.79 Å². The Morgan fingerprint density at radius 2 is 2.35 bits per heavy atom. The van der Waals surface area contributed by atoms with E-state index in [4.69, 9.17) is 4.74 Å². The van der Waals surface area contributed by atoms with E-state index in [1.165, 1.54) is 0 Å². The molecule has 17 heavy (non-hydrogen) atoms. The first kappa shape index (κ1) is 11.8. The van der Waals surface area contributed by atoms with Crippen molar-refractivity contribution in [3.63, 3.8) is 0 Å².